The van der Waals surface area contributed by atoms with E-state index >= 15 is 0 Å². The molecule has 0 spiro atoms. The zero-order chi connectivity index (χ0) is 9.23. The molecule has 2 N–H and O–H groups in total. The second kappa shape index (κ2) is 9.05. The van der Waals surface area contributed by atoms with Gasteiger partial charge < -0.3 is 5.73 Å². The van der Waals surface area contributed by atoms with Crippen LogP contribution in [0.2, 0.25) is 0 Å². The lowest BCUT2D eigenvalue weighted by molar-refractivity contribution is 0.411. The van der Waals surface area contributed by atoms with Crippen molar-refractivity contribution in [3.8, 4) is 0 Å². The number of unbranched alkanes of at least 4 members (excludes halogenated alkanes) is 2. The molecule has 74 valence electrons. The highest BCUT2D eigenvalue weighted by Crippen LogP contribution is 2.18. The SMILES string of the molecule is CCCC(CC)CCCCCN. The van der Waals surface area contributed by atoms with Gasteiger partial charge in [-0.25, -0.2) is 0 Å². The van der Waals surface area contributed by atoms with Crippen LogP contribution < -0.4 is 5.73 Å². The summed E-state index contributed by atoms with van der Waals surface area (Å²) in [5, 5.41) is 0. The zero-order valence-corrected chi connectivity index (χ0v) is 8.81. The molecule has 0 bridgehead atoms. The summed E-state index contributed by atoms with van der Waals surface area (Å²) in [4.78, 5) is 0. The van der Waals surface area contributed by atoms with E-state index in [1.54, 1.807) is 0 Å². The van der Waals surface area contributed by atoms with Crippen molar-refractivity contribution in [2.45, 2.75) is 58.8 Å². The largest absolute Gasteiger partial charge is 0.330 e. The first-order valence-electron chi connectivity index (χ1n) is 5.55. The van der Waals surface area contributed by atoms with Crippen LogP contribution in [0.15, 0.2) is 0 Å². The molecule has 1 unspecified atom stereocenters. The van der Waals surface area contributed by atoms with Crippen LogP contribution in [-0.2, 0) is 0 Å². The van der Waals surface area contributed by atoms with Crippen molar-refractivity contribution in [1.82, 2.24) is 0 Å². The first-order chi connectivity index (χ1) is 5.85. The summed E-state index contributed by atoms with van der Waals surface area (Å²) in [7, 11) is 0. The third-order valence-electron chi connectivity index (χ3n) is 2.59. The van der Waals surface area contributed by atoms with E-state index in [-0.39, 0.29) is 0 Å². The van der Waals surface area contributed by atoms with Crippen molar-refractivity contribution >= 4 is 0 Å². The predicted molar refractivity (Wildman–Crippen MR) is 56.2 cm³/mol. The van der Waals surface area contributed by atoms with Gasteiger partial charge in [0, 0.05) is 0 Å². The van der Waals surface area contributed by atoms with Gasteiger partial charge in [-0.2, -0.15) is 0 Å². The Morgan fingerprint density at radius 2 is 1.75 bits per heavy atom. The average Bonchev–Trinajstić information content (AvgIpc) is 2.10. The molecule has 0 radical (unpaired) electrons. The summed E-state index contributed by atoms with van der Waals surface area (Å²) in [6.45, 7) is 5.45. The second-order valence-corrected chi connectivity index (χ2v) is 3.70. The summed E-state index contributed by atoms with van der Waals surface area (Å²) < 4.78 is 0. The van der Waals surface area contributed by atoms with E-state index in [9.17, 15) is 0 Å². The van der Waals surface area contributed by atoms with Crippen LogP contribution in [-0.4, -0.2) is 6.54 Å². The maximum atomic E-state index is 5.44. The van der Waals surface area contributed by atoms with Crippen molar-refractivity contribution in [2.75, 3.05) is 6.54 Å². The van der Waals surface area contributed by atoms with Crippen LogP contribution in [0.1, 0.15) is 58.8 Å². The van der Waals surface area contributed by atoms with Gasteiger partial charge in [0.25, 0.3) is 0 Å². The summed E-state index contributed by atoms with van der Waals surface area (Å²) in [5.74, 6) is 0.979. The van der Waals surface area contributed by atoms with Crippen molar-refractivity contribution in [3.63, 3.8) is 0 Å². The highest BCUT2D eigenvalue weighted by molar-refractivity contribution is 4.56. The normalized spacial score (nSPS) is 13.2. The average molecular weight is 171 g/mol. The van der Waals surface area contributed by atoms with Crippen LogP contribution in [0.3, 0.4) is 0 Å². The predicted octanol–water partition coefficient (Wildman–Crippen LogP) is 3.33. The fraction of sp³-hybridized carbons (Fsp3) is 1.00. The molecule has 0 aromatic carbocycles. The van der Waals surface area contributed by atoms with E-state index in [1.165, 1.54) is 44.9 Å². The second-order valence-electron chi connectivity index (χ2n) is 3.70. The molecule has 12 heavy (non-hydrogen) atoms. The van der Waals surface area contributed by atoms with Crippen molar-refractivity contribution < 1.29 is 0 Å². The van der Waals surface area contributed by atoms with Gasteiger partial charge in [0.15, 0.2) is 0 Å². The van der Waals surface area contributed by atoms with Crippen LogP contribution >= 0.6 is 0 Å². The Morgan fingerprint density at radius 1 is 1.00 bits per heavy atom. The summed E-state index contributed by atoms with van der Waals surface area (Å²) in [5.41, 5.74) is 5.44. The molecule has 1 nitrogen and oxygen atoms in total. The minimum atomic E-state index is 0.866. The Kier molecular flexibility index (Phi) is 9.02. The van der Waals surface area contributed by atoms with Gasteiger partial charge in [0.1, 0.15) is 0 Å². The number of hydrogen-bond acceptors (Lipinski definition) is 1. The van der Waals surface area contributed by atoms with Crippen molar-refractivity contribution in [3.05, 3.63) is 0 Å². The van der Waals surface area contributed by atoms with Gasteiger partial charge in [-0.1, -0.05) is 52.4 Å². The van der Waals surface area contributed by atoms with Crippen LogP contribution in [0.25, 0.3) is 0 Å². The highest BCUT2D eigenvalue weighted by atomic mass is 14.5. The van der Waals surface area contributed by atoms with Crippen LogP contribution in [0.4, 0.5) is 0 Å². The van der Waals surface area contributed by atoms with Gasteiger partial charge >= 0.3 is 0 Å². The fourth-order valence-corrected chi connectivity index (χ4v) is 1.71. The molecule has 0 aromatic rings. The van der Waals surface area contributed by atoms with Crippen LogP contribution in [0.5, 0.6) is 0 Å². The molecule has 1 atom stereocenters. The summed E-state index contributed by atoms with van der Waals surface area (Å²) in [6.07, 6.45) is 9.46. The van der Waals surface area contributed by atoms with E-state index in [0.29, 0.717) is 0 Å². The van der Waals surface area contributed by atoms with E-state index in [0.717, 1.165) is 12.5 Å². The first kappa shape index (κ1) is 12.0. The molecule has 0 saturated heterocycles. The quantitative estimate of drug-likeness (QED) is 0.557. The van der Waals surface area contributed by atoms with Gasteiger partial charge in [-0.15, -0.1) is 0 Å². The van der Waals surface area contributed by atoms with Gasteiger partial charge in [-0.05, 0) is 18.9 Å². The molecule has 0 aliphatic carbocycles. The Morgan fingerprint density at radius 3 is 2.25 bits per heavy atom. The molecule has 0 aromatic heterocycles. The molecule has 0 heterocycles. The third kappa shape index (κ3) is 6.66. The minimum absolute atomic E-state index is 0.866. The summed E-state index contributed by atoms with van der Waals surface area (Å²) in [6, 6.07) is 0. The lowest BCUT2D eigenvalue weighted by Gasteiger charge is -2.12. The number of rotatable bonds is 8. The minimum Gasteiger partial charge on any atom is -0.330 e. The Labute approximate surface area is 77.7 Å². The summed E-state index contributed by atoms with van der Waals surface area (Å²) >= 11 is 0. The standard InChI is InChI=1S/C11H25N/c1-3-8-11(4-2)9-6-5-7-10-12/h11H,3-10,12H2,1-2H3. The van der Waals surface area contributed by atoms with Gasteiger partial charge in [-0.3, -0.25) is 0 Å². The van der Waals surface area contributed by atoms with E-state index in [4.69, 9.17) is 5.73 Å². The fourth-order valence-electron chi connectivity index (χ4n) is 1.71. The molecule has 0 saturated carbocycles. The number of nitrogens with two attached hydrogens (primary N) is 1. The Hall–Kier alpha value is -0.0400. The molecule has 0 rings (SSSR count). The Bertz CT molecular complexity index is 81.1. The molecular formula is C11H25N. The molecular weight excluding hydrogens is 146 g/mol. The molecule has 0 fully saturated rings. The maximum Gasteiger partial charge on any atom is -0.00773 e. The zero-order valence-electron chi connectivity index (χ0n) is 8.81. The van der Waals surface area contributed by atoms with E-state index < -0.39 is 0 Å². The van der Waals surface area contributed by atoms with Crippen LogP contribution in [0, 0.1) is 5.92 Å². The third-order valence-corrected chi connectivity index (χ3v) is 2.59. The van der Waals surface area contributed by atoms with Crippen molar-refractivity contribution in [2.24, 2.45) is 11.7 Å². The topological polar surface area (TPSA) is 26.0 Å². The van der Waals surface area contributed by atoms with Gasteiger partial charge in [0.05, 0.1) is 0 Å². The first-order valence-corrected chi connectivity index (χ1v) is 5.55. The smallest absolute Gasteiger partial charge is 0.00773 e. The number of hydrogen-bond donors (Lipinski definition) is 1. The molecule has 0 amide bonds. The lowest BCUT2D eigenvalue weighted by atomic mass is 9.94. The monoisotopic (exact) mass is 171 g/mol. The lowest BCUT2D eigenvalue weighted by Crippen LogP contribution is -2.01. The molecule has 0 aliphatic rings. The van der Waals surface area contributed by atoms with Crippen molar-refractivity contribution in [1.29, 1.82) is 0 Å². The molecule has 1 heteroatoms. The van der Waals surface area contributed by atoms with E-state index in [1.807, 2.05) is 0 Å². The maximum absolute atomic E-state index is 5.44. The highest BCUT2D eigenvalue weighted by Gasteiger charge is 2.03. The van der Waals surface area contributed by atoms with E-state index in [2.05, 4.69) is 13.8 Å². The molecule has 0 aliphatic heterocycles. The Balaban J connectivity index is 3.19. The van der Waals surface area contributed by atoms with Gasteiger partial charge in [0.2, 0.25) is 0 Å².